The quantitative estimate of drug-likeness (QED) is 0.733. The number of hydrogen-bond donors (Lipinski definition) is 0. The van der Waals surface area contributed by atoms with Crippen LogP contribution in [0.4, 0.5) is 0 Å². The summed E-state index contributed by atoms with van der Waals surface area (Å²) in [5, 5.41) is 8.45. The fourth-order valence-electron chi connectivity index (χ4n) is 0.900. The third-order valence-electron chi connectivity index (χ3n) is 1.54. The molecule has 1 aromatic rings. The van der Waals surface area contributed by atoms with Crippen molar-refractivity contribution in [2.45, 2.75) is 12.3 Å². The average molecular weight is 245 g/mol. The number of alkyl halides is 1. The Bertz CT molecular complexity index is 317. The van der Waals surface area contributed by atoms with Crippen LogP contribution in [0.15, 0.2) is 22.7 Å². The molecule has 0 atom stereocenters. The van der Waals surface area contributed by atoms with Gasteiger partial charge in [0.25, 0.3) is 0 Å². The third-order valence-corrected chi connectivity index (χ3v) is 2.57. The smallest absolute Gasteiger partial charge is 0.0669 e. The van der Waals surface area contributed by atoms with Crippen LogP contribution in [0.2, 0.25) is 0 Å². The van der Waals surface area contributed by atoms with E-state index in [1.54, 1.807) is 0 Å². The van der Waals surface area contributed by atoms with E-state index in [4.69, 9.17) is 16.9 Å². The molecular weight excluding hydrogens is 237 g/mol. The summed E-state index contributed by atoms with van der Waals surface area (Å²) in [5.41, 5.74) is 2.07. The Morgan fingerprint density at radius 2 is 2.25 bits per heavy atom. The van der Waals surface area contributed by atoms with E-state index in [-0.39, 0.29) is 0 Å². The predicted octanol–water partition coefficient (Wildman–Crippen LogP) is 3.25. The van der Waals surface area contributed by atoms with Crippen molar-refractivity contribution in [1.82, 2.24) is 0 Å². The van der Waals surface area contributed by atoms with E-state index in [0.717, 1.165) is 15.6 Å². The van der Waals surface area contributed by atoms with Gasteiger partial charge >= 0.3 is 0 Å². The molecule has 0 aliphatic carbocycles. The molecule has 12 heavy (non-hydrogen) atoms. The molecule has 0 aromatic heterocycles. The topological polar surface area (TPSA) is 23.8 Å². The second kappa shape index (κ2) is 4.49. The van der Waals surface area contributed by atoms with Crippen LogP contribution >= 0.6 is 27.5 Å². The Kier molecular flexibility index (Phi) is 3.58. The minimum atomic E-state index is 0.446. The zero-order valence-electron chi connectivity index (χ0n) is 6.35. The van der Waals surface area contributed by atoms with Crippen LogP contribution in [0, 0.1) is 11.3 Å². The maximum Gasteiger partial charge on any atom is 0.0669 e. The first-order valence-corrected chi connectivity index (χ1v) is 4.81. The highest BCUT2D eigenvalue weighted by atomic mass is 79.9. The molecule has 3 heteroatoms. The van der Waals surface area contributed by atoms with Gasteiger partial charge in [-0.2, -0.15) is 5.26 Å². The summed E-state index contributed by atoms with van der Waals surface area (Å²) in [4.78, 5) is 0. The van der Waals surface area contributed by atoms with E-state index in [1.165, 1.54) is 0 Å². The van der Waals surface area contributed by atoms with Gasteiger partial charge in [-0.15, -0.1) is 11.6 Å². The van der Waals surface area contributed by atoms with Gasteiger partial charge in [0.2, 0.25) is 0 Å². The number of nitrogens with zero attached hydrogens (tertiary/aromatic N) is 1. The Morgan fingerprint density at radius 1 is 1.50 bits per heavy atom. The largest absolute Gasteiger partial charge is 0.198 e. The minimum absolute atomic E-state index is 0.446. The molecule has 0 amide bonds. The molecule has 0 spiro atoms. The van der Waals surface area contributed by atoms with Gasteiger partial charge in [-0.3, -0.25) is 0 Å². The maximum absolute atomic E-state index is 8.45. The maximum atomic E-state index is 8.45. The van der Waals surface area contributed by atoms with Crippen LogP contribution in [0.3, 0.4) is 0 Å². The Labute approximate surface area is 85.1 Å². The molecule has 0 fully saturated rings. The summed E-state index contributed by atoms with van der Waals surface area (Å²) in [7, 11) is 0. The van der Waals surface area contributed by atoms with Crippen molar-refractivity contribution in [3.05, 3.63) is 33.8 Å². The minimum Gasteiger partial charge on any atom is -0.198 e. The zero-order valence-corrected chi connectivity index (χ0v) is 8.69. The first-order valence-electron chi connectivity index (χ1n) is 3.48. The molecule has 0 saturated carbocycles. The van der Waals surface area contributed by atoms with Gasteiger partial charge in [0.1, 0.15) is 0 Å². The number of rotatable bonds is 2. The van der Waals surface area contributed by atoms with Gasteiger partial charge in [0, 0.05) is 10.4 Å². The average Bonchev–Trinajstić information content (AvgIpc) is 2.05. The van der Waals surface area contributed by atoms with Crippen molar-refractivity contribution in [3.8, 4) is 6.07 Å². The third kappa shape index (κ3) is 2.23. The van der Waals surface area contributed by atoms with Crippen molar-refractivity contribution in [3.63, 3.8) is 0 Å². The van der Waals surface area contributed by atoms with E-state index >= 15 is 0 Å². The normalized spacial score (nSPS) is 9.42. The van der Waals surface area contributed by atoms with Gasteiger partial charge in [0.05, 0.1) is 12.5 Å². The van der Waals surface area contributed by atoms with Crippen molar-refractivity contribution in [1.29, 1.82) is 5.26 Å². The molecule has 0 N–H and O–H groups in total. The lowest BCUT2D eigenvalue weighted by Crippen LogP contribution is -1.85. The lowest BCUT2D eigenvalue weighted by molar-refractivity contribution is 1.23. The fourth-order valence-corrected chi connectivity index (χ4v) is 1.86. The van der Waals surface area contributed by atoms with Crippen molar-refractivity contribution < 1.29 is 0 Å². The Morgan fingerprint density at radius 3 is 2.75 bits per heavy atom. The molecule has 1 aromatic carbocycles. The van der Waals surface area contributed by atoms with Crippen molar-refractivity contribution in [2.75, 3.05) is 0 Å². The fraction of sp³-hybridized carbons (Fsp3) is 0.222. The molecule has 62 valence electrons. The first-order chi connectivity index (χ1) is 5.77. The Balaban J connectivity index is 2.95. The number of halogens is 2. The van der Waals surface area contributed by atoms with E-state index in [0.29, 0.717) is 12.3 Å². The van der Waals surface area contributed by atoms with Crippen molar-refractivity contribution >= 4 is 27.5 Å². The molecule has 1 rings (SSSR count). The summed E-state index contributed by atoms with van der Waals surface area (Å²) in [6.07, 6.45) is 0.446. The molecule has 0 bridgehead atoms. The molecule has 1 nitrogen and oxygen atoms in total. The van der Waals surface area contributed by atoms with Crippen molar-refractivity contribution in [2.24, 2.45) is 0 Å². The lowest BCUT2D eigenvalue weighted by atomic mass is 10.1. The predicted molar refractivity (Wildman–Crippen MR) is 53.0 cm³/mol. The van der Waals surface area contributed by atoms with E-state index < -0.39 is 0 Å². The highest BCUT2D eigenvalue weighted by molar-refractivity contribution is 9.10. The second-order valence-electron chi connectivity index (χ2n) is 2.39. The van der Waals surface area contributed by atoms with E-state index in [2.05, 4.69) is 22.0 Å². The molecule has 0 radical (unpaired) electrons. The zero-order chi connectivity index (χ0) is 8.97. The van der Waals surface area contributed by atoms with Gasteiger partial charge in [-0.25, -0.2) is 0 Å². The first kappa shape index (κ1) is 9.57. The van der Waals surface area contributed by atoms with Gasteiger partial charge in [-0.1, -0.05) is 28.1 Å². The van der Waals surface area contributed by atoms with Crippen LogP contribution in [0.25, 0.3) is 0 Å². The van der Waals surface area contributed by atoms with Crippen LogP contribution in [-0.4, -0.2) is 0 Å². The summed E-state index contributed by atoms with van der Waals surface area (Å²) in [6.45, 7) is 0. The van der Waals surface area contributed by atoms with E-state index in [1.807, 2.05) is 18.2 Å². The van der Waals surface area contributed by atoms with Crippen LogP contribution in [0.1, 0.15) is 11.1 Å². The summed E-state index contributed by atoms with van der Waals surface area (Å²) < 4.78 is 0.977. The van der Waals surface area contributed by atoms with Gasteiger partial charge < -0.3 is 0 Å². The molecule has 0 aliphatic rings. The molecular formula is C9H7BrClN. The van der Waals surface area contributed by atoms with Gasteiger partial charge in [-0.05, 0) is 17.2 Å². The molecule has 0 unspecified atom stereocenters. The van der Waals surface area contributed by atoms with Gasteiger partial charge in [0.15, 0.2) is 0 Å². The second-order valence-corrected chi connectivity index (χ2v) is 3.52. The van der Waals surface area contributed by atoms with Crippen LogP contribution < -0.4 is 0 Å². The Hall–Kier alpha value is -0.520. The number of hydrogen-bond acceptors (Lipinski definition) is 1. The van der Waals surface area contributed by atoms with Crippen LogP contribution in [-0.2, 0) is 12.3 Å². The summed E-state index contributed by atoms with van der Waals surface area (Å²) >= 11 is 9.05. The SMILES string of the molecule is N#CCc1ccc(CCl)c(Br)c1. The molecule has 0 heterocycles. The monoisotopic (exact) mass is 243 g/mol. The molecule has 0 aliphatic heterocycles. The lowest BCUT2D eigenvalue weighted by Gasteiger charge is -2.01. The highest BCUT2D eigenvalue weighted by Gasteiger charge is 1.99. The standard InChI is InChI=1S/C9H7BrClN/c10-9-5-7(3-4-12)1-2-8(9)6-11/h1-2,5H,3,6H2. The van der Waals surface area contributed by atoms with Crippen LogP contribution in [0.5, 0.6) is 0 Å². The molecule has 0 saturated heterocycles. The number of nitriles is 1. The summed E-state index contributed by atoms with van der Waals surface area (Å²) in [5.74, 6) is 0.493. The summed E-state index contributed by atoms with van der Waals surface area (Å²) in [6, 6.07) is 7.88. The van der Waals surface area contributed by atoms with E-state index in [9.17, 15) is 0 Å². The number of benzene rings is 1. The highest BCUT2D eigenvalue weighted by Crippen LogP contribution is 2.20.